The predicted octanol–water partition coefficient (Wildman–Crippen LogP) is 3.74. The van der Waals surface area contributed by atoms with Crippen LogP contribution in [-0.2, 0) is 0 Å². The topological polar surface area (TPSA) is 0 Å². The van der Waals surface area contributed by atoms with Gasteiger partial charge in [0.15, 0.2) is 0 Å². The van der Waals surface area contributed by atoms with Gasteiger partial charge in [-0.05, 0) is 23.8 Å². The minimum Gasteiger partial charge on any atom is -0.0877 e. The molecule has 4 atom stereocenters. The van der Waals surface area contributed by atoms with Gasteiger partial charge < -0.3 is 0 Å². The Labute approximate surface area is 93.2 Å². The van der Waals surface area contributed by atoms with Gasteiger partial charge in [-0.25, -0.2) is 0 Å². The van der Waals surface area contributed by atoms with Crippen LogP contribution in [0, 0.1) is 11.8 Å². The molecule has 3 rings (SSSR count). The molecule has 0 amide bonds. The smallest absolute Gasteiger partial charge is 0.0283 e. The van der Waals surface area contributed by atoms with Gasteiger partial charge in [-0.2, -0.15) is 0 Å². The molecule has 72 valence electrons. The van der Waals surface area contributed by atoms with Crippen molar-refractivity contribution < 1.29 is 0 Å². The van der Waals surface area contributed by atoms with Crippen LogP contribution >= 0.6 is 15.9 Å². The van der Waals surface area contributed by atoms with Crippen molar-refractivity contribution in [1.82, 2.24) is 0 Å². The third-order valence-electron chi connectivity index (χ3n) is 3.55. The van der Waals surface area contributed by atoms with Gasteiger partial charge in [0.25, 0.3) is 0 Å². The Kier molecular flexibility index (Phi) is 2.01. The van der Waals surface area contributed by atoms with Crippen LogP contribution in [-0.4, -0.2) is 4.83 Å². The number of hydrogen-bond donors (Lipinski definition) is 0. The van der Waals surface area contributed by atoms with E-state index in [1.165, 1.54) is 12.0 Å². The molecule has 0 spiro atoms. The first-order valence-corrected chi connectivity index (χ1v) is 6.15. The Balaban J connectivity index is 1.97. The van der Waals surface area contributed by atoms with E-state index in [2.05, 4.69) is 58.4 Å². The van der Waals surface area contributed by atoms with Gasteiger partial charge in [-0.3, -0.25) is 0 Å². The fourth-order valence-corrected chi connectivity index (χ4v) is 3.96. The molecule has 2 aliphatic rings. The lowest BCUT2D eigenvalue weighted by Crippen LogP contribution is -2.16. The van der Waals surface area contributed by atoms with E-state index in [1.54, 1.807) is 0 Å². The minimum atomic E-state index is 0.653. The summed E-state index contributed by atoms with van der Waals surface area (Å²) in [6, 6.07) is 10.9. The lowest BCUT2D eigenvalue weighted by molar-refractivity contribution is 0.600. The van der Waals surface area contributed by atoms with Crippen LogP contribution in [0.25, 0.3) is 0 Å². The quantitative estimate of drug-likeness (QED) is 0.525. The Hall–Kier alpha value is -0.560. The molecule has 0 aromatic heterocycles. The first kappa shape index (κ1) is 8.72. The first-order valence-electron chi connectivity index (χ1n) is 5.23. The molecule has 2 aliphatic carbocycles. The maximum absolute atomic E-state index is 3.85. The maximum atomic E-state index is 3.85. The highest BCUT2D eigenvalue weighted by Crippen LogP contribution is 2.52. The fourth-order valence-electron chi connectivity index (χ4n) is 2.87. The lowest BCUT2D eigenvalue weighted by Gasteiger charge is -2.23. The summed E-state index contributed by atoms with van der Waals surface area (Å²) in [5.41, 5.74) is 1.49. The number of hydrogen-bond acceptors (Lipinski definition) is 0. The highest BCUT2D eigenvalue weighted by Gasteiger charge is 2.43. The van der Waals surface area contributed by atoms with Crippen LogP contribution in [0.1, 0.15) is 17.9 Å². The number of halogens is 1. The molecule has 2 bridgehead atoms. The van der Waals surface area contributed by atoms with Gasteiger partial charge in [0.1, 0.15) is 0 Å². The molecule has 1 aromatic carbocycles. The SMILES string of the molecule is BrC1C2C=CC(C2)C1c1ccccc1. The number of rotatable bonds is 1. The van der Waals surface area contributed by atoms with Gasteiger partial charge in [0.05, 0.1) is 0 Å². The molecular formula is C13H13Br. The zero-order chi connectivity index (χ0) is 9.54. The molecule has 0 nitrogen and oxygen atoms in total. The van der Waals surface area contributed by atoms with Crippen LogP contribution in [0.5, 0.6) is 0 Å². The second-order valence-electron chi connectivity index (χ2n) is 4.33. The summed E-state index contributed by atoms with van der Waals surface area (Å²) >= 11 is 3.85. The molecule has 0 aliphatic heterocycles. The van der Waals surface area contributed by atoms with E-state index in [1.807, 2.05) is 0 Å². The Bertz CT molecular complexity index is 355. The maximum Gasteiger partial charge on any atom is 0.0283 e. The van der Waals surface area contributed by atoms with Crippen molar-refractivity contribution in [3.8, 4) is 0 Å². The number of alkyl halides is 1. The third-order valence-corrected chi connectivity index (χ3v) is 4.80. The number of benzene rings is 1. The summed E-state index contributed by atoms with van der Waals surface area (Å²) in [6.45, 7) is 0. The minimum absolute atomic E-state index is 0.653. The van der Waals surface area contributed by atoms with E-state index in [0.29, 0.717) is 10.7 Å². The van der Waals surface area contributed by atoms with E-state index >= 15 is 0 Å². The summed E-state index contributed by atoms with van der Waals surface area (Å²) < 4.78 is 0. The van der Waals surface area contributed by atoms with Gasteiger partial charge in [-0.15, -0.1) is 0 Å². The van der Waals surface area contributed by atoms with Gasteiger partial charge in [-0.1, -0.05) is 58.4 Å². The monoisotopic (exact) mass is 248 g/mol. The van der Waals surface area contributed by atoms with Crippen LogP contribution in [0.4, 0.5) is 0 Å². The van der Waals surface area contributed by atoms with E-state index in [-0.39, 0.29) is 0 Å². The summed E-state index contributed by atoms with van der Waals surface area (Å²) in [4.78, 5) is 0.653. The molecule has 4 unspecified atom stereocenters. The van der Waals surface area contributed by atoms with Crippen molar-refractivity contribution in [1.29, 1.82) is 0 Å². The fraction of sp³-hybridized carbons (Fsp3) is 0.385. The summed E-state index contributed by atoms with van der Waals surface area (Å²) in [6.07, 6.45) is 6.12. The molecule has 0 radical (unpaired) electrons. The van der Waals surface area contributed by atoms with Crippen LogP contribution in [0.2, 0.25) is 0 Å². The molecule has 14 heavy (non-hydrogen) atoms. The second-order valence-corrected chi connectivity index (χ2v) is 5.39. The van der Waals surface area contributed by atoms with Crippen molar-refractivity contribution in [3.63, 3.8) is 0 Å². The van der Waals surface area contributed by atoms with Crippen LogP contribution < -0.4 is 0 Å². The highest BCUT2D eigenvalue weighted by atomic mass is 79.9. The zero-order valence-electron chi connectivity index (χ0n) is 7.94. The summed E-state index contributed by atoms with van der Waals surface area (Å²) in [5, 5.41) is 0. The standard InChI is InChI=1S/C13H13Br/c14-13-11-7-6-10(8-11)12(13)9-4-2-1-3-5-9/h1-7,10-13H,8H2. The van der Waals surface area contributed by atoms with Gasteiger partial charge in [0, 0.05) is 10.7 Å². The Morgan fingerprint density at radius 1 is 1.00 bits per heavy atom. The van der Waals surface area contributed by atoms with E-state index in [0.717, 1.165) is 11.8 Å². The van der Waals surface area contributed by atoms with E-state index in [9.17, 15) is 0 Å². The summed E-state index contributed by atoms with van der Waals surface area (Å²) in [5.74, 6) is 2.24. The third kappa shape index (κ3) is 1.18. The molecule has 0 saturated heterocycles. The van der Waals surface area contributed by atoms with Gasteiger partial charge >= 0.3 is 0 Å². The lowest BCUT2D eigenvalue weighted by atomic mass is 9.87. The molecule has 1 aromatic rings. The van der Waals surface area contributed by atoms with Crippen molar-refractivity contribution in [3.05, 3.63) is 48.0 Å². The van der Waals surface area contributed by atoms with Gasteiger partial charge in [0.2, 0.25) is 0 Å². The van der Waals surface area contributed by atoms with Crippen LogP contribution in [0.3, 0.4) is 0 Å². The van der Waals surface area contributed by atoms with E-state index < -0.39 is 0 Å². The zero-order valence-corrected chi connectivity index (χ0v) is 9.52. The van der Waals surface area contributed by atoms with Crippen molar-refractivity contribution in [2.45, 2.75) is 17.2 Å². The van der Waals surface area contributed by atoms with Crippen molar-refractivity contribution in [2.75, 3.05) is 0 Å². The molecule has 1 fully saturated rings. The molecule has 1 saturated carbocycles. The highest BCUT2D eigenvalue weighted by molar-refractivity contribution is 9.09. The Morgan fingerprint density at radius 3 is 2.36 bits per heavy atom. The molecule has 1 heteroatoms. The molecule has 0 heterocycles. The van der Waals surface area contributed by atoms with E-state index in [4.69, 9.17) is 0 Å². The molecular weight excluding hydrogens is 236 g/mol. The molecule has 0 N–H and O–H groups in total. The van der Waals surface area contributed by atoms with Crippen LogP contribution in [0.15, 0.2) is 42.5 Å². The number of fused-ring (bicyclic) bond motifs is 2. The van der Waals surface area contributed by atoms with Crippen molar-refractivity contribution >= 4 is 15.9 Å². The normalized spacial score (nSPS) is 39.2. The predicted molar refractivity (Wildman–Crippen MR) is 62.6 cm³/mol. The number of allylic oxidation sites excluding steroid dienone is 2. The first-order chi connectivity index (χ1) is 6.86. The Morgan fingerprint density at radius 2 is 1.71 bits per heavy atom. The average Bonchev–Trinajstić information content (AvgIpc) is 2.79. The summed E-state index contributed by atoms with van der Waals surface area (Å²) in [7, 11) is 0. The average molecular weight is 249 g/mol. The van der Waals surface area contributed by atoms with Crippen molar-refractivity contribution in [2.24, 2.45) is 11.8 Å². The second kappa shape index (κ2) is 3.23. The largest absolute Gasteiger partial charge is 0.0877 e.